The van der Waals surface area contributed by atoms with Crippen LogP contribution in [0.25, 0.3) is 0 Å². The molecule has 0 spiro atoms. The van der Waals surface area contributed by atoms with Crippen molar-refractivity contribution < 1.29 is 9.50 Å². The number of benzene rings is 1. The van der Waals surface area contributed by atoms with Gasteiger partial charge in [0.1, 0.15) is 5.82 Å². The van der Waals surface area contributed by atoms with Crippen molar-refractivity contribution in [3.63, 3.8) is 0 Å². The lowest BCUT2D eigenvalue weighted by Crippen LogP contribution is -2.36. The van der Waals surface area contributed by atoms with E-state index in [2.05, 4.69) is 0 Å². The molecule has 3 heteroatoms. The molecule has 0 radical (unpaired) electrons. The third kappa shape index (κ3) is 2.35. The molecular weight excluding hydrogens is 205 g/mol. The van der Waals surface area contributed by atoms with E-state index in [1.165, 1.54) is 0 Å². The van der Waals surface area contributed by atoms with Crippen molar-refractivity contribution in [2.75, 3.05) is 18.0 Å². The molecule has 2 nitrogen and oxygen atoms in total. The summed E-state index contributed by atoms with van der Waals surface area (Å²) in [5, 5.41) is 9.40. The molecule has 0 unspecified atom stereocenters. The van der Waals surface area contributed by atoms with Crippen molar-refractivity contribution in [1.29, 1.82) is 0 Å². The van der Waals surface area contributed by atoms with E-state index in [9.17, 15) is 9.50 Å². The van der Waals surface area contributed by atoms with Crippen molar-refractivity contribution >= 4 is 5.69 Å². The summed E-state index contributed by atoms with van der Waals surface area (Å²) in [5.41, 5.74) is 1.70. The molecule has 0 saturated carbocycles. The van der Waals surface area contributed by atoms with Gasteiger partial charge in [-0.2, -0.15) is 0 Å². The van der Waals surface area contributed by atoms with E-state index in [4.69, 9.17) is 0 Å². The Kier molecular flexibility index (Phi) is 3.44. The van der Waals surface area contributed by atoms with Gasteiger partial charge in [-0.25, -0.2) is 4.39 Å². The molecule has 88 valence electrons. The zero-order valence-corrected chi connectivity index (χ0v) is 9.62. The van der Waals surface area contributed by atoms with Crippen LogP contribution >= 0.6 is 0 Å². The van der Waals surface area contributed by atoms with E-state index in [-0.39, 0.29) is 11.9 Å². The Hall–Kier alpha value is -1.09. The van der Waals surface area contributed by atoms with Crippen LogP contribution in [0, 0.1) is 5.82 Å². The van der Waals surface area contributed by atoms with E-state index < -0.39 is 0 Å². The van der Waals surface area contributed by atoms with Crippen molar-refractivity contribution in [1.82, 2.24) is 0 Å². The maximum atomic E-state index is 13.8. The minimum atomic E-state index is -0.214. The number of aliphatic hydroxyl groups is 1. The number of piperidine rings is 1. The standard InChI is InChI=1S/C13H18FNO/c1-2-10-3-4-13(12(14)9-10)15-7-5-11(16)6-8-15/h3-4,9,11,16H,2,5-8H2,1H3. The van der Waals surface area contributed by atoms with Gasteiger partial charge >= 0.3 is 0 Å². The van der Waals surface area contributed by atoms with Gasteiger partial charge in [-0.15, -0.1) is 0 Å². The molecule has 16 heavy (non-hydrogen) atoms. The van der Waals surface area contributed by atoms with Gasteiger partial charge in [-0.3, -0.25) is 0 Å². The highest BCUT2D eigenvalue weighted by molar-refractivity contribution is 5.49. The molecule has 1 saturated heterocycles. The number of aliphatic hydroxyl groups excluding tert-OH is 1. The van der Waals surface area contributed by atoms with Crippen LogP contribution in [-0.2, 0) is 6.42 Å². The Balaban J connectivity index is 2.14. The summed E-state index contributed by atoms with van der Waals surface area (Å²) in [4.78, 5) is 2.02. The average molecular weight is 223 g/mol. The van der Waals surface area contributed by atoms with E-state index >= 15 is 0 Å². The van der Waals surface area contributed by atoms with Crippen molar-refractivity contribution in [2.45, 2.75) is 32.3 Å². The second-order valence-electron chi connectivity index (χ2n) is 4.36. The van der Waals surface area contributed by atoms with Gasteiger partial charge in [0.05, 0.1) is 11.8 Å². The van der Waals surface area contributed by atoms with Gasteiger partial charge < -0.3 is 10.0 Å². The van der Waals surface area contributed by atoms with E-state index in [1.807, 2.05) is 24.0 Å². The summed E-state index contributed by atoms with van der Waals surface area (Å²) in [6.07, 6.45) is 2.11. The first kappa shape index (κ1) is 11.4. The smallest absolute Gasteiger partial charge is 0.146 e. The maximum absolute atomic E-state index is 13.8. The molecule has 2 rings (SSSR count). The van der Waals surface area contributed by atoms with Crippen LogP contribution in [0.3, 0.4) is 0 Å². The van der Waals surface area contributed by atoms with Crippen molar-refractivity contribution in [3.8, 4) is 0 Å². The van der Waals surface area contributed by atoms with Gasteiger partial charge in [0.25, 0.3) is 0 Å². The van der Waals surface area contributed by atoms with E-state index in [0.29, 0.717) is 5.69 Å². The number of hydrogen-bond donors (Lipinski definition) is 1. The lowest BCUT2D eigenvalue weighted by molar-refractivity contribution is 0.145. The number of nitrogens with zero attached hydrogens (tertiary/aromatic N) is 1. The highest BCUT2D eigenvalue weighted by Gasteiger charge is 2.19. The number of rotatable bonds is 2. The van der Waals surface area contributed by atoms with Crippen LogP contribution in [0.15, 0.2) is 18.2 Å². The normalized spacial score (nSPS) is 17.8. The SMILES string of the molecule is CCc1ccc(N2CCC(O)CC2)c(F)c1. The second-order valence-corrected chi connectivity index (χ2v) is 4.36. The van der Waals surface area contributed by atoms with Crippen molar-refractivity contribution in [2.24, 2.45) is 0 Å². The summed E-state index contributed by atoms with van der Waals surface area (Å²) >= 11 is 0. The Morgan fingerprint density at radius 2 is 2.06 bits per heavy atom. The molecule has 0 bridgehead atoms. The molecule has 0 atom stereocenters. The number of hydrogen-bond acceptors (Lipinski definition) is 2. The molecule has 1 aliphatic heterocycles. The Morgan fingerprint density at radius 1 is 1.38 bits per heavy atom. The Bertz CT molecular complexity index is 359. The van der Waals surface area contributed by atoms with Gasteiger partial charge in [-0.05, 0) is 37.0 Å². The first-order chi connectivity index (χ1) is 7.70. The van der Waals surface area contributed by atoms with Crippen LogP contribution in [0.1, 0.15) is 25.3 Å². The molecular formula is C13H18FNO. The van der Waals surface area contributed by atoms with Crippen LogP contribution in [0.4, 0.5) is 10.1 Å². The van der Waals surface area contributed by atoms with Crippen molar-refractivity contribution in [3.05, 3.63) is 29.6 Å². The molecule has 1 aromatic rings. The predicted octanol–water partition coefficient (Wildman–Crippen LogP) is 2.35. The van der Waals surface area contributed by atoms with Crippen LogP contribution < -0.4 is 4.90 Å². The minimum Gasteiger partial charge on any atom is -0.393 e. The van der Waals surface area contributed by atoms with Gasteiger partial charge in [0.15, 0.2) is 0 Å². The van der Waals surface area contributed by atoms with E-state index in [1.54, 1.807) is 6.07 Å². The minimum absolute atomic E-state index is 0.143. The Morgan fingerprint density at radius 3 is 2.62 bits per heavy atom. The van der Waals surface area contributed by atoms with Crippen LogP contribution in [0.2, 0.25) is 0 Å². The average Bonchev–Trinajstić information content (AvgIpc) is 2.30. The summed E-state index contributed by atoms with van der Waals surface area (Å²) in [6, 6.07) is 5.44. The predicted molar refractivity (Wildman–Crippen MR) is 63.2 cm³/mol. The largest absolute Gasteiger partial charge is 0.393 e. The summed E-state index contributed by atoms with van der Waals surface area (Å²) < 4.78 is 13.8. The molecule has 1 aliphatic rings. The van der Waals surface area contributed by atoms with Gasteiger partial charge in [0, 0.05) is 13.1 Å². The zero-order valence-electron chi connectivity index (χ0n) is 9.62. The molecule has 1 fully saturated rings. The molecule has 0 aromatic heterocycles. The molecule has 1 heterocycles. The fourth-order valence-electron chi connectivity index (χ4n) is 2.13. The van der Waals surface area contributed by atoms with Crippen LogP contribution in [-0.4, -0.2) is 24.3 Å². The lowest BCUT2D eigenvalue weighted by atomic mass is 10.1. The first-order valence-electron chi connectivity index (χ1n) is 5.92. The fourth-order valence-corrected chi connectivity index (χ4v) is 2.13. The molecule has 1 aromatic carbocycles. The monoisotopic (exact) mass is 223 g/mol. The topological polar surface area (TPSA) is 23.5 Å². The summed E-state index contributed by atoms with van der Waals surface area (Å²) in [7, 11) is 0. The first-order valence-corrected chi connectivity index (χ1v) is 5.92. The summed E-state index contributed by atoms with van der Waals surface area (Å²) in [6.45, 7) is 3.50. The maximum Gasteiger partial charge on any atom is 0.146 e. The van der Waals surface area contributed by atoms with Gasteiger partial charge in [0.2, 0.25) is 0 Å². The number of halogens is 1. The van der Waals surface area contributed by atoms with E-state index in [0.717, 1.165) is 37.9 Å². The number of aryl methyl sites for hydroxylation is 1. The fraction of sp³-hybridized carbons (Fsp3) is 0.538. The van der Waals surface area contributed by atoms with Crippen LogP contribution in [0.5, 0.6) is 0 Å². The molecule has 1 N–H and O–H groups in total. The summed E-state index contributed by atoms with van der Waals surface area (Å²) in [5.74, 6) is -0.143. The molecule has 0 aliphatic carbocycles. The lowest BCUT2D eigenvalue weighted by Gasteiger charge is -2.31. The quantitative estimate of drug-likeness (QED) is 0.832. The number of anilines is 1. The third-order valence-corrected chi connectivity index (χ3v) is 3.23. The zero-order chi connectivity index (χ0) is 11.5. The van der Waals surface area contributed by atoms with Gasteiger partial charge in [-0.1, -0.05) is 13.0 Å². The highest BCUT2D eigenvalue weighted by atomic mass is 19.1. The second kappa shape index (κ2) is 4.83. The Labute approximate surface area is 95.7 Å². The highest BCUT2D eigenvalue weighted by Crippen LogP contribution is 2.24. The molecule has 0 amide bonds. The third-order valence-electron chi connectivity index (χ3n) is 3.23.